The third-order valence-electron chi connectivity index (χ3n) is 2.40. The molecule has 0 saturated carbocycles. The Morgan fingerprint density at radius 2 is 2.12 bits per heavy atom. The van der Waals surface area contributed by atoms with Crippen LogP contribution in [-0.2, 0) is 20.6 Å². The molecule has 0 atom stereocenters. The van der Waals surface area contributed by atoms with Crippen molar-refractivity contribution in [1.29, 1.82) is 0 Å². The molecule has 0 aliphatic heterocycles. The number of hydrogen-bond donors (Lipinski definition) is 1. The van der Waals surface area contributed by atoms with Gasteiger partial charge in [0.25, 0.3) is 0 Å². The maximum Gasteiger partial charge on any atom is 0.0825 e. The molecule has 0 fully saturated rings. The van der Waals surface area contributed by atoms with E-state index >= 15 is 0 Å². The summed E-state index contributed by atoms with van der Waals surface area (Å²) < 4.78 is 3.67. The predicted octanol–water partition coefficient (Wildman–Crippen LogP) is 1.50. The minimum atomic E-state index is 0. The zero-order valence-corrected chi connectivity index (χ0v) is 10.5. The average Bonchev–Trinajstić information content (AvgIpc) is 2.70. The van der Waals surface area contributed by atoms with E-state index in [1.165, 1.54) is 0 Å². The van der Waals surface area contributed by atoms with E-state index in [2.05, 4.69) is 15.5 Å². The van der Waals surface area contributed by atoms with E-state index in [1.54, 1.807) is 10.9 Å². The number of halogens is 1. The molecule has 2 heterocycles. The molecule has 0 radical (unpaired) electrons. The SMILES string of the molecule is Cc1nn(C)cc1NCc1ccnn1C.Cl. The molecule has 2 aromatic rings. The minimum absolute atomic E-state index is 0. The lowest BCUT2D eigenvalue weighted by atomic mass is 10.3. The molecule has 6 heteroatoms. The molecule has 0 spiro atoms. The summed E-state index contributed by atoms with van der Waals surface area (Å²) in [6, 6.07) is 2.00. The van der Waals surface area contributed by atoms with Gasteiger partial charge in [0.05, 0.1) is 23.6 Å². The topological polar surface area (TPSA) is 47.7 Å². The largest absolute Gasteiger partial charge is 0.377 e. The third-order valence-corrected chi connectivity index (χ3v) is 2.40. The smallest absolute Gasteiger partial charge is 0.0825 e. The van der Waals surface area contributed by atoms with E-state index in [9.17, 15) is 0 Å². The molecule has 88 valence electrons. The number of nitrogens with zero attached hydrogens (tertiary/aromatic N) is 4. The molecular formula is C10H16ClN5. The average molecular weight is 242 g/mol. The van der Waals surface area contributed by atoms with Crippen LogP contribution < -0.4 is 5.32 Å². The van der Waals surface area contributed by atoms with Crippen LogP contribution in [0.4, 0.5) is 5.69 Å². The van der Waals surface area contributed by atoms with Crippen molar-refractivity contribution in [2.75, 3.05) is 5.32 Å². The first-order valence-electron chi connectivity index (χ1n) is 4.88. The van der Waals surface area contributed by atoms with Gasteiger partial charge in [0.15, 0.2) is 0 Å². The first kappa shape index (κ1) is 12.6. The van der Waals surface area contributed by atoms with Crippen LogP contribution in [0, 0.1) is 6.92 Å². The highest BCUT2D eigenvalue weighted by Gasteiger charge is 2.03. The second-order valence-electron chi connectivity index (χ2n) is 3.60. The van der Waals surface area contributed by atoms with Crippen molar-refractivity contribution in [3.05, 3.63) is 29.8 Å². The van der Waals surface area contributed by atoms with Gasteiger partial charge < -0.3 is 5.32 Å². The van der Waals surface area contributed by atoms with Crippen LogP contribution in [0.25, 0.3) is 0 Å². The van der Waals surface area contributed by atoms with Crippen LogP contribution in [-0.4, -0.2) is 19.6 Å². The number of hydrogen-bond acceptors (Lipinski definition) is 3. The fraction of sp³-hybridized carbons (Fsp3) is 0.400. The summed E-state index contributed by atoms with van der Waals surface area (Å²) in [6.07, 6.45) is 3.78. The molecule has 0 amide bonds. The van der Waals surface area contributed by atoms with Crippen molar-refractivity contribution < 1.29 is 0 Å². The second kappa shape index (κ2) is 5.03. The van der Waals surface area contributed by atoms with E-state index in [0.717, 1.165) is 23.6 Å². The summed E-state index contributed by atoms with van der Waals surface area (Å²) in [5.41, 5.74) is 3.23. The molecule has 0 aromatic carbocycles. The maximum absolute atomic E-state index is 4.27. The number of rotatable bonds is 3. The monoisotopic (exact) mass is 241 g/mol. The van der Waals surface area contributed by atoms with Crippen molar-refractivity contribution in [2.45, 2.75) is 13.5 Å². The Bertz CT molecular complexity index is 459. The molecule has 16 heavy (non-hydrogen) atoms. The molecule has 5 nitrogen and oxygen atoms in total. The van der Waals surface area contributed by atoms with E-state index < -0.39 is 0 Å². The van der Waals surface area contributed by atoms with Gasteiger partial charge in [-0.1, -0.05) is 0 Å². The van der Waals surface area contributed by atoms with Gasteiger partial charge in [0, 0.05) is 26.5 Å². The van der Waals surface area contributed by atoms with Crippen molar-refractivity contribution in [2.24, 2.45) is 14.1 Å². The van der Waals surface area contributed by atoms with E-state index in [1.807, 2.05) is 38.0 Å². The predicted molar refractivity (Wildman–Crippen MR) is 65.7 cm³/mol. The maximum atomic E-state index is 4.27. The summed E-state index contributed by atoms with van der Waals surface area (Å²) in [5.74, 6) is 0. The van der Waals surface area contributed by atoms with E-state index in [0.29, 0.717) is 0 Å². The van der Waals surface area contributed by atoms with Gasteiger partial charge in [0.1, 0.15) is 0 Å². The number of anilines is 1. The number of aryl methyl sites for hydroxylation is 3. The van der Waals surface area contributed by atoms with Crippen LogP contribution in [0.2, 0.25) is 0 Å². The lowest BCUT2D eigenvalue weighted by Gasteiger charge is -2.04. The number of aromatic nitrogens is 4. The van der Waals surface area contributed by atoms with Gasteiger partial charge in [-0.2, -0.15) is 10.2 Å². The van der Waals surface area contributed by atoms with Crippen molar-refractivity contribution in [3.8, 4) is 0 Å². The Morgan fingerprint density at radius 1 is 1.38 bits per heavy atom. The lowest BCUT2D eigenvalue weighted by Crippen LogP contribution is -2.05. The zero-order chi connectivity index (χ0) is 10.8. The Labute approximate surface area is 101 Å². The Balaban J connectivity index is 0.00000128. The van der Waals surface area contributed by atoms with Gasteiger partial charge in [0.2, 0.25) is 0 Å². The summed E-state index contributed by atoms with van der Waals surface area (Å²) in [7, 11) is 3.86. The van der Waals surface area contributed by atoms with Gasteiger partial charge in [-0.05, 0) is 13.0 Å². The fourth-order valence-electron chi connectivity index (χ4n) is 1.53. The summed E-state index contributed by atoms with van der Waals surface area (Å²) in [6.45, 7) is 2.76. The number of nitrogens with one attached hydrogen (secondary N) is 1. The minimum Gasteiger partial charge on any atom is -0.377 e. The van der Waals surface area contributed by atoms with Crippen LogP contribution >= 0.6 is 12.4 Å². The molecule has 0 unspecified atom stereocenters. The van der Waals surface area contributed by atoms with Gasteiger partial charge in [-0.25, -0.2) is 0 Å². The molecular weight excluding hydrogens is 226 g/mol. The van der Waals surface area contributed by atoms with Crippen LogP contribution in [0.3, 0.4) is 0 Å². The molecule has 2 rings (SSSR count). The standard InChI is InChI=1S/C10H15N5.ClH/c1-8-10(7-14(2)13-8)11-6-9-4-5-12-15(9)3;/h4-5,7,11H,6H2,1-3H3;1H. The Kier molecular flexibility index (Phi) is 3.95. The molecule has 0 aliphatic rings. The Hall–Kier alpha value is -1.49. The normalized spacial score (nSPS) is 9.94. The van der Waals surface area contributed by atoms with Crippen molar-refractivity contribution in [3.63, 3.8) is 0 Å². The van der Waals surface area contributed by atoms with Gasteiger partial charge in [-0.3, -0.25) is 9.36 Å². The second-order valence-corrected chi connectivity index (χ2v) is 3.60. The Morgan fingerprint density at radius 3 is 2.62 bits per heavy atom. The van der Waals surface area contributed by atoms with Crippen LogP contribution in [0.5, 0.6) is 0 Å². The van der Waals surface area contributed by atoms with Crippen LogP contribution in [0.15, 0.2) is 18.5 Å². The summed E-state index contributed by atoms with van der Waals surface area (Å²) >= 11 is 0. The molecule has 0 saturated heterocycles. The first-order chi connectivity index (χ1) is 7.16. The third kappa shape index (κ3) is 2.55. The van der Waals surface area contributed by atoms with Crippen molar-refractivity contribution >= 4 is 18.1 Å². The fourth-order valence-corrected chi connectivity index (χ4v) is 1.53. The highest BCUT2D eigenvalue weighted by molar-refractivity contribution is 5.85. The van der Waals surface area contributed by atoms with Gasteiger partial charge >= 0.3 is 0 Å². The zero-order valence-electron chi connectivity index (χ0n) is 9.64. The molecule has 0 bridgehead atoms. The van der Waals surface area contributed by atoms with Crippen LogP contribution in [0.1, 0.15) is 11.4 Å². The van der Waals surface area contributed by atoms with Gasteiger partial charge in [-0.15, -0.1) is 12.4 Å². The molecule has 0 aliphatic carbocycles. The van der Waals surface area contributed by atoms with E-state index in [4.69, 9.17) is 0 Å². The highest BCUT2D eigenvalue weighted by atomic mass is 35.5. The highest BCUT2D eigenvalue weighted by Crippen LogP contribution is 2.12. The molecule has 2 aromatic heterocycles. The van der Waals surface area contributed by atoms with E-state index in [-0.39, 0.29) is 12.4 Å². The lowest BCUT2D eigenvalue weighted by molar-refractivity contribution is 0.720. The molecule has 1 N–H and O–H groups in total. The quantitative estimate of drug-likeness (QED) is 0.886. The first-order valence-corrected chi connectivity index (χ1v) is 4.88. The summed E-state index contributed by atoms with van der Waals surface area (Å²) in [5, 5.41) is 11.7. The van der Waals surface area contributed by atoms with Crippen molar-refractivity contribution in [1.82, 2.24) is 19.6 Å². The summed E-state index contributed by atoms with van der Waals surface area (Å²) in [4.78, 5) is 0.